The van der Waals surface area contributed by atoms with E-state index in [-0.39, 0.29) is 13.1 Å². The van der Waals surface area contributed by atoms with Gasteiger partial charge in [0.1, 0.15) is 0 Å². The molecule has 1 unspecified atom stereocenters. The van der Waals surface area contributed by atoms with E-state index >= 15 is 0 Å². The molecule has 0 amide bonds. The zero-order valence-electron chi connectivity index (χ0n) is 9.18. The van der Waals surface area contributed by atoms with Crippen LogP contribution in [0, 0.1) is 5.41 Å². The Morgan fingerprint density at radius 3 is 2.56 bits per heavy atom. The Hall–Kier alpha value is -0.780. The van der Waals surface area contributed by atoms with Gasteiger partial charge in [-0.25, -0.2) is 0 Å². The van der Waals surface area contributed by atoms with Gasteiger partial charge in [-0.1, -0.05) is 13.3 Å². The minimum absolute atomic E-state index is 0.00961. The lowest BCUT2D eigenvalue weighted by molar-refractivity contribution is -0.153. The van der Waals surface area contributed by atoms with Gasteiger partial charge in [-0.05, 0) is 19.4 Å². The van der Waals surface area contributed by atoms with E-state index in [1.165, 1.54) is 4.90 Å². The summed E-state index contributed by atoms with van der Waals surface area (Å²) in [5.74, 6) is -0.973. The molecule has 1 N–H and O–H groups in total. The molecule has 0 radical (unpaired) electrons. The number of aliphatic carboxylic acids is 1. The van der Waals surface area contributed by atoms with E-state index in [4.69, 9.17) is 5.11 Å². The summed E-state index contributed by atoms with van der Waals surface area (Å²) in [5, 5.41) is 9.10. The summed E-state index contributed by atoms with van der Waals surface area (Å²) in [6, 6.07) is 0. The monoisotopic (exact) mass is 239 g/mol. The predicted molar refractivity (Wildman–Crippen MR) is 52.1 cm³/mol. The fourth-order valence-electron chi connectivity index (χ4n) is 2.31. The van der Waals surface area contributed by atoms with Gasteiger partial charge >= 0.3 is 12.1 Å². The van der Waals surface area contributed by atoms with Crippen LogP contribution in [-0.2, 0) is 4.79 Å². The fraction of sp³-hybridized carbons (Fsp3) is 0.900. The second-order valence-corrected chi connectivity index (χ2v) is 4.41. The normalized spacial score (nSPS) is 27.2. The molecule has 1 rings (SSSR count). The van der Waals surface area contributed by atoms with Crippen molar-refractivity contribution in [3.8, 4) is 0 Å². The Kier molecular flexibility index (Phi) is 3.83. The van der Waals surface area contributed by atoms with Gasteiger partial charge in [-0.3, -0.25) is 9.69 Å². The first-order valence-corrected chi connectivity index (χ1v) is 5.31. The van der Waals surface area contributed by atoms with Crippen molar-refractivity contribution in [3.05, 3.63) is 0 Å². The summed E-state index contributed by atoms with van der Waals surface area (Å²) in [6.07, 6.45) is -2.82. The molecule has 3 nitrogen and oxygen atoms in total. The Morgan fingerprint density at radius 1 is 1.50 bits per heavy atom. The topological polar surface area (TPSA) is 40.5 Å². The number of alkyl halides is 3. The van der Waals surface area contributed by atoms with Crippen LogP contribution < -0.4 is 0 Å². The van der Waals surface area contributed by atoms with Crippen molar-refractivity contribution in [1.29, 1.82) is 0 Å². The number of halogens is 3. The van der Waals surface area contributed by atoms with Crippen LogP contribution in [0.3, 0.4) is 0 Å². The van der Waals surface area contributed by atoms with Gasteiger partial charge in [0.05, 0.1) is 12.0 Å². The Bertz CT molecular complexity index is 267. The van der Waals surface area contributed by atoms with Crippen molar-refractivity contribution in [2.24, 2.45) is 5.41 Å². The summed E-state index contributed by atoms with van der Waals surface area (Å²) in [4.78, 5) is 12.3. The van der Waals surface area contributed by atoms with Crippen molar-refractivity contribution in [2.45, 2.75) is 32.4 Å². The largest absolute Gasteiger partial charge is 0.481 e. The van der Waals surface area contributed by atoms with Crippen molar-refractivity contribution in [1.82, 2.24) is 4.90 Å². The molecule has 1 aliphatic heterocycles. The molecule has 1 heterocycles. The van der Waals surface area contributed by atoms with E-state index in [1.54, 1.807) is 0 Å². The summed E-state index contributed by atoms with van der Waals surface area (Å²) in [7, 11) is 0. The maximum Gasteiger partial charge on any atom is 0.401 e. The third-order valence-corrected chi connectivity index (χ3v) is 3.02. The second kappa shape index (κ2) is 4.61. The van der Waals surface area contributed by atoms with E-state index in [2.05, 4.69) is 0 Å². The fourth-order valence-corrected chi connectivity index (χ4v) is 2.31. The Morgan fingerprint density at radius 2 is 2.12 bits per heavy atom. The average Bonchev–Trinajstić information content (AvgIpc) is 2.47. The lowest BCUT2D eigenvalue weighted by Gasteiger charge is -2.24. The molecule has 0 spiro atoms. The number of carboxylic acid groups (broad SMARTS) is 1. The molecule has 0 aromatic rings. The minimum Gasteiger partial charge on any atom is -0.481 e. The molecule has 94 valence electrons. The van der Waals surface area contributed by atoms with Crippen LogP contribution in [0.2, 0.25) is 0 Å². The molecule has 1 fully saturated rings. The molecule has 0 aliphatic carbocycles. The highest BCUT2D eigenvalue weighted by Crippen LogP contribution is 2.36. The molecule has 0 aromatic heterocycles. The molecular formula is C10H16F3NO2. The third kappa shape index (κ3) is 3.10. The molecular weight excluding hydrogens is 223 g/mol. The number of nitrogens with zero attached hydrogens (tertiary/aromatic N) is 1. The zero-order valence-corrected chi connectivity index (χ0v) is 9.18. The SMILES string of the molecule is CCCC1(C(=O)O)CCN(CC(F)(F)F)C1. The van der Waals surface area contributed by atoms with Gasteiger partial charge < -0.3 is 5.11 Å². The van der Waals surface area contributed by atoms with Crippen molar-refractivity contribution < 1.29 is 23.1 Å². The number of hydrogen-bond acceptors (Lipinski definition) is 2. The molecule has 16 heavy (non-hydrogen) atoms. The van der Waals surface area contributed by atoms with E-state index in [1.807, 2.05) is 6.92 Å². The highest BCUT2D eigenvalue weighted by Gasteiger charge is 2.46. The summed E-state index contributed by atoms with van der Waals surface area (Å²) in [6.45, 7) is 1.06. The van der Waals surface area contributed by atoms with Gasteiger partial charge in [0, 0.05) is 6.54 Å². The van der Waals surface area contributed by atoms with Crippen LogP contribution in [0.4, 0.5) is 13.2 Å². The maximum absolute atomic E-state index is 12.2. The first kappa shape index (κ1) is 13.3. The standard InChI is InChI=1S/C10H16F3NO2/c1-2-3-9(8(15)16)4-5-14(6-9)7-10(11,12)13/h2-7H2,1H3,(H,15,16). The highest BCUT2D eigenvalue weighted by molar-refractivity contribution is 5.75. The first-order valence-electron chi connectivity index (χ1n) is 5.31. The molecule has 0 aromatic carbocycles. The van der Waals surface area contributed by atoms with E-state index < -0.39 is 24.1 Å². The molecule has 6 heteroatoms. The molecule has 1 atom stereocenters. The molecule has 1 saturated heterocycles. The van der Waals surface area contributed by atoms with Crippen LogP contribution in [0.1, 0.15) is 26.2 Å². The molecule has 0 saturated carbocycles. The van der Waals surface area contributed by atoms with Crippen molar-refractivity contribution in [2.75, 3.05) is 19.6 Å². The van der Waals surface area contributed by atoms with Gasteiger partial charge in [-0.15, -0.1) is 0 Å². The Labute approximate surface area is 92.2 Å². The van der Waals surface area contributed by atoms with Crippen LogP contribution >= 0.6 is 0 Å². The lowest BCUT2D eigenvalue weighted by atomic mass is 9.83. The number of likely N-dealkylation sites (tertiary alicyclic amines) is 1. The van der Waals surface area contributed by atoms with Gasteiger partial charge in [0.15, 0.2) is 0 Å². The minimum atomic E-state index is -4.25. The second-order valence-electron chi connectivity index (χ2n) is 4.41. The summed E-state index contributed by atoms with van der Waals surface area (Å²) < 4.78 is 36.5. The van der Waals surface area contributed by atoms with E-state index in [9.17, 15) is 18.0 Å². The summed E-state index contributed by atoms with van der Waals surface area (Å²) in [5.41, 5.74) is -0.972. The maximum atomic E-state index is 12.2. The summed E-state index contributed by atoms with van der Waals surface area (Å²) >= 11 is 0. The third-order valence-electron chi connectivity index (χ3n) is 3.02. The Balaban J connectivity index is 2.64. The zero-order chi connectivity index (χ0) is 12.4. The van der Waals surface area contributed by atoms with Gasteiger partial charge in [0.25, 0.3) is 0 Å². The smallest absolute Gasteiger partial charge is 0.401 e. The number of rotatable bonds is 4. The van der Waals surface area contributed by atoms with Gasteiger partial charge in [0.2, 0.25) is 0 Å². The van der Waals surface area contributed by atoms with Crippen molar-refractivity contribution >= 4 is 5.97 Å². The van der Waals surface area contributed by atoms with E-state index in [0.717, 1.165) is 0 Å². The first-order chi connectivity index (χ1) is 7.29. The highest BCUT2D eigenvalue weighted by atomic mass is 19.4. The van der Waals surface area contributed by atoms with Crippen LogP contribution in [0.5, 0.6) is 0 Å². The van der Waals surface area contributed by atoms with Crippen molar-refractivity contribution in [3.63, 3.8) is 0 Å². The molecule has 0 bridgehead atoms. The number of carboxylic acids is 1. The van der Waals surface area contributed by atoms with Crippen LogP contribution in [-0.4, -0.2) is 41.8 Å². The number of hydrogen-bond donors (Lipinski definition) is 1. The lowest BCUT2D eigenvalue weighted by Crippen LogP contribution is -2.38. The molecule has 1 aliphatic rings. The average molecular weight is 239 g/mol. The number of carbonyl (C=O) groups is 1. The predicted octanol–water partition coefficient (Wildman–Crippen LogP) is 2.13. The van der Waals surface area contributed by atoms with E-state index in [0.29, 0.717) is 19.3 Å². The quantitative estimate of drug-likeness (QED) is 0.817. The van der Waals surface area contributed by atoms with Crippen LogP contribution in [0.15, 0.2) is 0 Å². The van der Waals surface area contributed by atoms with Gasteiger partial charge in [-0.2, -0.15) is 13.2 Å². The van der Waals surface area contributed by atoms with Crippen LogP contribution in [0.25, 0.3) is 0 Å².